The summed E-state index contributed by atoms with van der Waals surface area (Å²) in [5.74, 6) is -5.07. The first-order valence-electron chi connectivity index (χ1n) is 15.2. The molecule has 3 rings (SSSR count). The van der Waals surface area contributed by atoms with Gasteiger partial charge in [0.05, 0.1) is 6.10 Å². The molecule has 8 heteroatoms. The summed E-state index contributed by atoms with van der Waals surface area (Å²) in [6.45, 7) is 2.70. The molecule has 1 aromatic carbocycles. The lowest BCUT2D eigenvalue weighted by Crippen LogP contribution is -2.33. The summed E-state index contributed by atoms with van der Waals surface area (Å²) in [5, 5.41) is 0. The number of carbonyl (C=O) groups excluding carboxylic acids is 3. The maximum Gasteiger partial charge on any atom is 0.306 e. The van der Waals surface area contributed by atoms with Crippen molar-refractivity contribution in [2.24, 2.45) is 11.8 Å². The summed E-state index contributed by atoms with van der Waals surface area (Å²) < 4.78 is 45.9. The fourth-order valence-corrected chi connectivity index (χ4v) is 5.74. The third-order valence-electron chi connectivity index (χ3n) is 8.12. The molecule has 4 atom stereocenters. The lowest BCUT2D eigenvalue weighted by atomic mass is 9.84. The molecule has 0 aromatic heterocycles. The third kappa shape index (κ3) is 10.7. The smallest absolute Gasteiger partial charge is 0.306 e. The van der Waals surface area contributed by atoms with E-state index in [0.29, 0.717) is 38.7 Å². The van der Waals surface area contributed by atoms with Crippen molar-refractivity contribution in [3.8, 4) is 0 Å². The van der Waals surface area contributed by atoms with E-state index in [1.165, 1.54) is 0 Å². The number of alkyl halides is 2. The summed E-state index contributed by atoms with van der Waals surface area (Å²) in [5.41, 5.74) is 0.954. The van der Waals surface area contributed by atoms with E-state index in [4.69, 9.17) is 14.2 Å². The molecule has 0 radical (unpaired) electrons. The lowest BCUT2D eigenvalue weighted by Gasteiger charge is -2.30. The second kappa shape index (κ2) is 16.9. The van der Waals surface area contributed by atoms with Gasteiger partial charge in [-0.05, 0) is 56.4 Å². The van der Waals surface area contributed by atoms with Crippen molar-refractivity contribution in [3.05, 3.63) is 35.9 Å². The average Bonchev–Trinajstić information content (AvgIpc) is 3.25. The highest BCUT2D eigenvalue weighted by molar-refractivity contribution is 5.86. The number of ketones is 2. The molecule has 1 aliphatic carbocycles. The van der Waals surface area contributed by atoms with Gasteiger partial charge in [0.25, 0.3) is 0 Å². The Morgan fingerprint density at radius 3 is 2.50 bits per heavy atom. The van der Waals surface area contributed by atoms with Crippen molar-refractivity contribution in [2.45, 2.75) is 128 Å². The van der Waals surface area contributed by atoms with E-state index in [-0.39, 0.29) is 55.7 Å². The predicted molar refractivity (Wildman–Crippen MR) is 148 cm³/mol. The van der Waals surface area contributed by atoms with Crippen LogP contribution in [0.15, 0.2) is 30.3 Å². The van der Waals surface area contributed by atoms with Crippen molar-refractivity contribution in [1.29, 1.82) is 0 Å². The van der Waals surface area contributed by atoms with E-state index in [0.717, 1.165) is 44.1 Å². The van der Waals surface area contributed by atoms with E-state index >= 15 is 0 Å². The lowest BCUT2D eigenvalue weighted by molar-refractivity contribution is -0.196. The summed E-state index contributed by atoms with van der Waals surface area (Å²) in [6, 6.07) is 9.55. The Morgan fingerprint density at radius 2 is 1.77 bits per heavy atom. The Hall–Kier alpha value is -2.19. The topological polar surface area (TPSA) is 78.9 Å². The number of carbonyl (C=O) groups is 3. The second-order valence-electron chi connectivity index (χ2n) is 11.3. The van der Waals surface area contributed by atoms with Crippen LogP contribution in [0.3, 0.4) is 0 Å². The summed E-state index contributed by atoms with van der Waals surface area (Å²) >= 11 is 0. The van der Waals surface area contributed by atoms with Crippen LogP contribution in [0.5, 0.6) is 0 Å². The zero-order chi connectivity index (χ0) is 28.8. The molecule has 1 aromatic rings. The molecule has 2 fully saturated rings. The number of ether oxygens (including phenoxy) is 3. The van der Waals surface area contributed by atoms with Gasteiger partial charge in [-0.25, -0.2) is 0 Å². The van der Waals surface area contributed by atoms with E-state index < -0.39 is 24.2 Å². The maximum absolute atomic E-state index is 14.3. The van der Waals surface area contributed by atoms with Crippen LogP contribution in [-0.4, -0.2) is 42.5 Å². The van der Waals surface area contributed by atoms with Crippen molar-refractivity contribution in [3.63, 3.8) is 0 Å². The van der Waals surface area contributed by atoms with Crippen LogP contribution in [0.1, 0.15) is 109 Å². The minimum Gasteiger partial charge on any atom is -0.461 e. The largest absolute Gasteiger partial charge is 0.461 e. The van der Waals surface area contributed by atoms with Gasteiger partial charge in [-0.15, -0.1) is 0 Å². The number of hydrogen-bond acceptors (Lipinski definition) is 6. The van der Waals surface area contributed by atoms with Crippen molar-refractivity contribution in [1.82, 2.24) is 0 Å². The highest BCUT2D eigenvalue weighted by Crippen LogP contribution is 2.40. The first-order chi connectivity index (χ1) is 19.3. The summed E-state index contributed by atoms with van der Waals surface area (Å²) in [7, 11) is 0. The fourth-order valence-electron chi connectivity index (χ4n) is 5.74. The molecule has 1 heterocycles. The van der Waals surface area contributed by atoms with Crippen LogP contribution in [0.25, 0.3) is 0 Å². The number of benzene rings is 1. The molecule has 2 aliphatic rings. The van der Waals surface area contributed by atoms with Crippen LogP contribution in [-0.2, 0) is 35.2 Å². The molecule has 224 valence electrons. The third-order valence-corrected chi connectivity index (χ3v) is 8.12. The number of Topliss-reactive ketones (excluding diaryl/α,β-unsaturated/α-hetero) is 2. The van der Waals surface area contributed by atoms with Crippen molar-refractivity contribution < 1.29 is 37.4 Å². The number of rotatable bonds is 18. The van der Waals surface area contributed by atoms with E-state index in [9.17, 15) is 23.2 Å². The number of esters is 1. The van der Waals surface area contributed by atoms with Gasteiger partial charge in [0.15, 0.2) is 6.29 Å². The van der Waals surface area contributed by atoms with Gasteiger partial charge in [0, 0.05) is 38.2 Å². The second-order valence-corrected chi connectivity index (χ2v) is 11.3. The monoisotopic (exact) mass is 564 g/mol. The molecule has 0 amide bonds. The Kier molecular flexibility index (Phi) is 13.7. The first-order valence-corrected chi connectivity index (χ1v) is 15.2. The molecule has 6 nitrogen and oxygen atoms in total. The Labute approximate surface area is 237 Å². The van der Waals surface area contributed by atoms with Crippen LogP contribution in [0, 0.1) is 11.8 Å². The minimum absolute atomic E-state index is 0.0838. The first kappa shape index (κ1) is 32.3. The van der Waals surface area contributed by atoms with Gasteiger partial charge in [-0.1, -0.05) is 62.9 Å². The highest BCUT2D eigenvalue weighted by Gasteiger charge is 2.45. The normalized spacial score (nSPS) is 23.3. The summed E-state index contributed by atoms with van der Waals surface area (Å²) in [4.78, 5) is 37.4. The molecule has 1 aliphatic heterocycles. The van der Waals surface area contributed by atoms with Gasteiger partial charge in [-0.2, -0.15) is 8.78 Å². The molecule has 2 unspecified atom stereocenters. The predicted octanol–water partition coefficient (Wildman–Crippen LogP) is 7.36. The van der Waals surface area contributed by atoms with E-state index in [1.54, 1.807) is 0 Å². The van der Waals surface area contributed by atoms with Crippen LogP contribution < -0.4 is 0 Å². The van der Waals surface area contributed by atoms with Crippen LogP contribution in [0.2, 0.25) is 0 Å². The standard InChI is InChI=1S/C32H46F2O6/c1-2-3-20-32(33,34)29(36)19-18-26-25(27(35)22-28(26)40-31-17-11-12-21-38-31)15-9-4-5-10-16-30(37)39-23-24-13-7-6-8-14-24/h6-8,13-14,25-26,28,31H,2-5,9-12,15-23H2,1H3/t25?,26-,28+,31?/m1/s1. The minimum atomic E-state index is -3.32. The number of halogens is 2. The molecular weight excluding hydrogens is 518 g/mol. The van der Waals surface area contributed by atoms with Gasteiger partial charge in [0.1, 0.15) is 12.4 Å². The van der Waals surface area contributed by atoms with Crippen molar-refractivity contribution >= 4 is 17.5 Å². The quantitative estimate of drug-likeness (QED) is 0.137. The fraction of sp³-hybridized carbons (Fsp3) is 0.719. The molecule has 40 heavy (non-hydrogen) atoms. The Morgan fingerprint density at radius 1 is 1.00 bits per heavy atom. The van der Waals surface area contributed by atoms with E-state index in [2.05, 4.69) is 0 Å². The summed E-state index contributed by atoms with van der Waals surface area (Å²) in [6.07, 6.45) is 6.81. The molecule has 1 saturated carbocycles. The van der Waals surface area contributed by atoms with Gasteiger partial charge >= 0.3 is 11.9 Å². The highest BCUT2D eigenvalue weighted by atomic mass is 19.3. The van der Waals surface area contributed by atoms with Crippen LogP contribution in [0.4, 0.5) is 8.78 Å². The van der Waals surface area contributed by atoms with Gasteiger partial charge in [-0.3, -0.25) is 14.4 Å². The van der Waals surface area contributed by atoms with Gasteiger partial charge < -0.3 is 14.2 Å². The Bertz CT molecular complexity index is 915. The SMILES string of the molecule is CCCCC(F)(F)C(=O)CC[C@@H]1C(CCCCCCC(=O)OCc2ccccc2)C(=O)C[C@@H]1OC1CCCCO1. The number of unbranched alkanes of at least 4 members (excludes halogenated alkanes) is 4. The molecule has 0 bridgehead atoms. The van der Waals surface area contributed by atoms with E-state index in [1.807, 2.05) is 37.3 Å². The maximum atomic E-state index is 14.3. The number of hydrogen-bond donors (Lipinski definition) is 0. The van der Waals surface area contributed by atoms with Crippen molar-refractivity contribution in [2.75, 3.05) is 6.61 Å². The molecular formula is C32H46F2O6. The zero-order valence-corrected chi connectivity index (χ0v) is 23.9. The average molecular weight is 565 g/mol. The molecule has 1 saturated heterocycles. The zero-order valence-electron chi connectivity index (χ0n) is 23.9. The van der Waals surface area contributed by atoms with Crippen LogP contribution >= 0.6 is 0 Å². The molecule has 0 N–H and O–H groups in total. The Balaban J connectivity index is 1.45. The van der Waals surface area contributed by atoms with Gasteiger partial charge in [0.2, 0.25) is 5.78 Å². The molecule has 0 spiro atoms.